The molecule has 2 rings (SSSR count). The number of hydrogen-bond acceptors (Lipinski definition) is 3. The summed E-state index contributed by atoms with van der Waals surface area (Å²) in [4.78, 5) is 7.83. The van der Waals surface area contributed by atoms with Crippen LogP contribution in [-0.4, -0.2) is 72.9 Å². The molecule has 164 valence electrons. The van der Waals surface area contributed by atoms with Crippen LogP contribution in [0.5, 0.6) is 0 Å². The van der Waals surface area contributed by atoms with E-state index >= 15 is 0 Å². The predicted octanol–water partition coefficient (Wildman–Crippen LogP) is 3.03. The number of nitrogens with zero attached hydrogens (tertiary/aromatic N) is 3. The van der Waals surface area contributed by atoms with Gasteiger partial charge in [-0.15, -0.1) is 0 Å². The zero-order chi connectivity index (χ0) is 21.4. The smallest absolute Gasteiger partial charge is 0.386 e. The molecular formula is C20H30F4N4O. The molecule has 0 aromatic heterocycles. The van der Waals surface area contributed by atoms with Gasteiger partial charge in [-0.1, -0.05) is 25.1 Å². The van der Waals surface area contributed by atoms with Crippen molar-refractivity contribution in [2.24, 2.45) is 10.9 Å². The molecule has 1 aromatic carbocycles. The normalized spacial score (nSPS) is 19.1. The first-order chi connectivity index (χ1) is 13.7. The minimum Gasteiger partial charge on any atom is -0.386 e. The Bertz CT molecular complexity index is 668. The predicted molar refractivity (Wildman–Crippen MR) is 105 cm³/mol. The van der Waals surface area contributed by atoms with Gasteiger partial charge in [-0.05, 0) is 31.9 Å². The average Bonchev–Trinajstić information content (AvgIpc) is 3.12. The summed E-state index contributed by atoms with van der Waals surface area (Å²) in [5, 5.41) is 13.4. The third-order valence-electron chi connectivity index (χ3n) is 4.96. The highest BCUT2D eigenvalue weighted by Crippen LogP contribution is 2.22. The maximum Gasteiger partial charge on any atom is 0.401 e. The molecule has 1 saturated heterocycles. The second-order valence-electron chi connectivity index (χ2n) is 7.28. The first kappa shape index (κ1) is 23.4. The van der Waals surface area contributed by atoms with Gasteiger partial charge in [-0.25, -0.2) is 4.39 Å². The molecule has 9 heteroatoms. The van der Waals surface area contributed by atoms with Crippen molar-refractivity contribution in [2.75, 3.05) is 45.8 Å². The van der Waals surface area contributed by atoms with E-state index in [0.29, 0.717) is 38.7 Å². The summed E-state index contributed by atoms with van der Waals surface area (Å²) in [6, 6.07) is 6.02. The Kier molecular flexibility index (Phi) is 8.70. The molecule has 1 aromatic rings. The van der Waals surface area contributed by atoms with Crippen LogP contribution in [0.1, 0.15) is 31.9 Å². The van der Waals surface area contributed by atoms with Crippen LogP contribution in [0, 0.1) is 11.7 Å². The number of hydrogen-bond donors (Lipinski definition) is 2. The van der Waals surface area contributed by atoms with Crippen molar-refractivity contribution in [3.05, 3.63) is 35.6 Å². The van der Waals surface area contributed by atoms with Gasteiger partial charge in [0, 0.05) is 31.7 Å². The van der Waals surface area contributed by atoms with Crippen molar-refractivity contribution >= 4 is 5.96 Å². The first-order valence-corrected chi connectivity index (χ1v) is 9.98. The molecular weight excluding hydrogens is 388 g/mol. The highest BCUT2D eigenvalue weighted by molar-refractivity contribution is 5.80. The minimum atomic E-state index is -4.20. The fourth-order valence-electron chi connectivity index (χ4n) is 3.54. The number of rotatable bonds is 8. The van der Waals surface area contributed by atoms with E-state index in [1.807, 2.05) is 11.8 Å². The van der Waals surface area contributed by atoms with E-state index < -0.39 is 24.6 Å². The molecule has 1 heterocycles. The van der Waals surface area contributed by atoms with Crippen LogP contribution in [0.15, 0.2) is 29.3 Å². The monoisotopic (exact) mass is 418 g/mol. The van der Waals surface area contributed by atoms with Gasteiger partial charge in [0.25, 0.3) is 0 Å². The summed E-state index contributed by atoms with van der Waals surface area (Å²) in [7, 11) is 0. The maximum atomic E-state index is 13.8. The quantitative estimate of drug-likeness (QED) is 0.387. The van der Waals surface area contributed by atoms with Gasteiger partial charge < -0.3 is 15.3 Å². The van der Waals surface area contributed by atoms with Gasteiger partial charge in [-0.3, -0.25) is 9.89 Å². The summed E-state index contributed by atoms with van der Waals surface area (Å²) in [6.45, 7) is 5.36. The van der Waals surface area contributed by atoms with Crippen LogP contribution in [0.2, 0.25) is 0 Å². The lowest BCUT2D eigenvalue weighted by Gasteiger charge is -2.26. The highest BCUT2D eigenvalue weighted by Gasteiger charge is 2.33. The molecule has 29 heavy (non-hydrogen) atoms. The number of aliphatic imine (C=N–C) groups is 1. The molecule has 0 spiro atoms. The average molecular weight is 418 g/mol. The Hall–Kier alpha value is -1.87. The molecule has 2 atom stereocenters. The molecule has 0 saturated carbocycles. The van der Waals surface area contributed by atoms with Crippen molar-refractivity contribution in [3.8, 4) is 0 Å². The molecule has 0 aliphatic carbocycles. The lowest BCUT2D eigenvalue weighted by atomic mass is 10.1. The van der Waals surface area contributed by atoms with Crippen molar-refractivity contribution < 1.29 is 22.7 Å². The molecule has 5 nitrogen and oxygen atoms in total. The van der Waals surface area contributed by atoms with E-state index in [1.54, 1.807) is 19.1 Å². The fourth-order valence-corrected chi connectivity index (χ4v) is 3.54. The van der Waals surface area contributed by atoms with Crippen LogP contribution < -0.4 is 5.32 Å². The van der Waals surface area contributed by atoms with Gasteiger partial charge in [0.15, 0.2) is 5.96 Å². The zero-order valence-corrected chi connectivity index (χ0v) is 16.9. The molecule has 1 aliphatic heterocycles. The molecule has 0 radical (unpaired) electrons. The first-order valence-electron chi connectivity index (χ1n) is 9.98. The number of guanidine groups is 1. The number of aliphatic hydroxyl groups is 1. The van der Waals surface area contributed by atoms with Crippen molar-refractivity contribution in [1.82, 2.24) is 15.1 Å². The Morgan fingerprint density at radius 1 is 1.34 bits per heavy atom. The van der Waals surface area contributed by atoms with Crippen LogP contribution in [0.25, 0.3) is 0 Å². The summed E-state index contributed by atoms with van der Waals surface area (Å²) >= 11 is 0. The Balaban J connectivity index is 1.97. The summed E-state index contributed by atoms with van der Waals surface area (Å²) < 4.78 is 51.9. The summed E-state index contributed by atoms with van der Waals surface area (Å²) in [5.74, 6) is 0.215. The largest absolute Gasteiger partial charge is 0.401 e. The Morgan fingerprint density at radius 3 is 2.69 bits per heavy atom. The molecule has 2 unspecified atom stereocenters. The topological polar surface area (TPSA) is 51.1 Å². The number of likely N-dealkylation sites (tertiary alicyclic amines) is 1. The van der Waals surface area contributed by atoms with E-state index in [0.717, 1.165) is 6.42 Å². The Morgan fingerprint density at radius 2 is 2.07 bits per heavy atom. The van der Waals surface area contributed by atoms with E-state index in [-0.39, 0.29) is 18.0 Å². The number of benzene rings is 1. The van der Waals surface area contributed by atoms with Crippen LogP contribution in [-0.2, 0) is 0 Å². The number of aliphatic hydroxyl groups excluding tert-OH is 1. The molecule has 0 bridgehead atoms. The lowest BCUT2D eigenvalue weighted by molar-refractivity contribution is -0.146. The zero-order valence-electron chi connectivity index (χ0n) is 16.9. The van der Waals surface area contributed by atoms with Gasteiger partial charge in [-0.2, -0.15) is 13.2 Å². The second kappa shape index (κ2) is 10.8. The van der Waals surface area contributed by atoms with Gasteiger partial charge in [0.1, 0.15) is 11.9 Å². The van der Waals surface area contributed by atoms with Crippen LogP contribution in [0.3, 0.4) is 0 Å². The number of nitrogens with one attached hydrogen (secondary N) is 1. The lowest BCUT2D eigenvalue weighted by Crippen LogP contribution is -2.42. The summed E-state index contributed by atoms with van der Waals surface area (Å²) in [5.41, 5.74) is 0.192. The molecule has 1 aliphatic rings. The second-order valence-corrected chi connectivity index (χ2v) is 7.28. The third kappa shape index (κ3) is 7.47. The standard InChI is InChI=1S/C20H30F4N4O/c1-3-25-19(26-11-18(29)16-7-5-6-8-17(16)21)28-10-9-15(13-28)12-27(4-2)14-20(22,23)24/h5-8,15,18,29H,3-4,9-14H2,1-2H3,(H,25,26). The van der Waals surface area contributed by atoms with E-state index in [4.69, 9.17) is 0 Å². The maximum absolute atomic E-state index is 13.8. The van der Waals surface area contributed by atoms with Crippen LogP contribution >= 0.6 is 0 Å². The van der Waals surface area contributed by atoms with E-state index in [1.165, 1.54) is 17.0 Å². The van der Waals surface area contributed by atoms with E-state index in [9.17, 15) is 22.7 Å². The molecule has 0 amide bonds. The van der Waals surface area contributed by atoms with Gasteiger partial charge in [0.05, 0.1) is 13.1 Å². The van der Waals surface area contributed by atoms with E-state index in [2.05, 4.69) is 10.3 Å². The molecule has 1 fully saturated rings. The number of halogens is 4. The highest BCUT2D eigenvalue weighted by atomic mass is 19.4. The molecule has 2 N–H and O–H groups in total. The van der Waals surface area contributed by atoms with Crippen molar-refractivity contribution in [1.29, 1.82) is 0 Å². The van der Waals surface area contributed by atoms with Crippen molar-refractivity contribution in [3.63, 3.8) is 0 Å². The van der Waals surface area contributed by atoms with Crippen LogP contribution in [0.4, 0.5) is 17.6 Å². The number of alkyl halides is 3. The van der Waals surface area contributed by atoms with Gasteiger partial charge >= 0.3 is 6.18 Å². The fraction of sp³-hybridized carbons (Fsp3) is 0.650. The Labute approximate surface area is 169 Å². The minimum absolute atomic E-state index is 0.000405. The summed E-state index contributed by atoms with van der Waals surface area (Å²) in [6.07, 6.45) is -4.49. The third-order valence-corrected chi connectivity index (χ3v) is 4.96. The SMILES string of the molecule is CCNC(=NCC(O)c1ccccc1F)N1CCC(CN(CC)CC(F)(F)F)C1. The van der Waals surface area contributed by atoms with Gasteiger partial charge in [0.2, 0.25) is 0 Å². The van der Waals surface area contributed by atoms with Crippen molar-refractivity contribution in [2.45, 2.75) is 32.5 Å².